The van der Waals surface area contributed by atoms with Crippen LogP contribution in [0.4, 0.5) is 4.39 Å². The zero-order chi connectivity index (χ0) is 14.3. The third kappa shape index (κ3) is 4.89. The van der Waals surface area contributed by atoms with Gasteiger partial charge in [-0.1, -0.05) is 41.2 Å². The number of rotatable bonds is 8. The Kier molecular flexibility index (Phi) is 7.04. The van der Waals surface area contributed by atoms with Gasteiger partial charge in [0.05, 0.1) is 5.54 Å². The van der Waals surface area contributed by atoms with E-state index in [0.717, 1.165) is 29.4 Å². The number of aldehydes is 1. The molecule has 106 valence electrons. The Hall–Kier alpha value is -0.390. The van der Waals surface area contributed by atoms with Crippen LogP contribution in [-0.2, 0) is 10.3 Å². The zero-order valence-electron chi connectivity index (χ0n) is 11.2. The van der Waals surface area contributed by atoms with Crippen molar-refractivity contribution in [3.8, 4) is 0 Å². The Labute approximate surface area is 126 Å². The molecule has 1 rings (SSSR count). The summed E-state index contributed by atoms with van der Waals surface area (Å²) in [5.41, 5.74) is -0.174. The fourth-order valence-electron chi connectivity index (χ4n) is 1.72. The first-order valence-corrected chi connectivity index (χ1v) is 8.09. The number of carbonyl (C=O) groups excluding carboxylic acids is 1. The smallest absolute Gasteiger partial charge is 0.128 e. The lowest BCUT2D eigenvalue weighted by molar-refractivity contribution is -0.108. The normalized spacial score (nSPS) is 14.1. The van der Waals surface area contributed by atoms with Gasteiger partial charge < -0.3 is 4.79 Å². The third-order valence-electron chi connectivity index (χ3n) is 2.91. The van der Waals surface area contributed by atoms with E-state index in [0.29, 0.717) is 5.56 Å². The molecule has 2 nitrogen and oxygen atoms in total. The summed E-state index contributed by atoms with van der Waals surface area (Å²) in [7, 11) is 0. The molecule has 19 heavy (non-hydrogen) atoms. The lowest BCUT2D eigenvalue weighted by Gasteiger charge is -2.29. The molecule has 0 bridgehead atoms. The van der Waals surface area contributed by atoms with Crippen LogP contribution >= 0.6 is 27.9 Å². The summed E-state index contributed by atoms with van der Waals surface area (Å²) in [6, 6.07) is 4.80. The van der Waals surface area contributed by atoms with Gasteiger partial charge in [0.15, 0.2) is 0 Å². The summed E-state index contributed by atoms with van der Waals surface area (Å²) >= 11 is 4.89. The van der Waals surface area contributed by atoms with Gasteiger partial charge in [-0.25, -0.2) is 4.39 Å². The first-order valence-electron chi connectivity index (χ1n) is 6.31. The van der Waals surface area contributed by atoms with Gasteiger partial charge in [0.2, 0.25) is 0 Å². The largest absolute Gasteiger partial charge is 0.303 e. The summed E-state index contributed by atoms with van der Waals surface area (Å²) in [5.74, 6) is 0.650. The molecule has 1 atom stereocenters. The van der Waals surface area contributed by atoms with E-state index in [9.17, 15) is 9.18 Å². The van der Waals surface area contributed by atoms with Gasteiger partial charge >= 0.3 is 0 Å². The second-order valence-electron chi connectivity index (χ2n) is 4.63. The van der Waals surface area contributed by atoms with Crippen LogP contribution in [-0.4, -0.2) is 12.0 Å². The maximum absolute atomic E-state index is 14.0. The van der Waals surface area contributed by atoms with Gasteiger partial charge in [-0.15, -0.1) is 0 Å². The lowest BCUT2D eigenvalue weighted by Crippen LogP contribution is -2.36. The van der Waals surface area contributed by atoms with Crippen molar-refractivity contribution in [3.63, 3.8) is 0 Å². The fraction of sp³-hybridized carbons (Fsp3) is 0.500. The number of carbonyl (C=O) groups is 1. The summed E-state index contributed by atoms with van der Waals surface area (Å²) < 4.78 is 18.0. The van der Waals surface area contributed by atoms with Crippen LogP contribution in [0.5, 0.6) is 0 Å². The van der Waals surface area contributed by atoms with Gasteiger partial charge in [0, 0.05) is 22.2 Å². The van der Waals surface area contributed by atoms with E-state index >= 15 is 0 Å². The number of nitrogens with one attached hydrogen (secondary N) is 1. The molecule has 0 fully saturated rings. The first kappa shape index (κ1) is 16.7. The van der Waals surface area contributed by atoms with Crippen molar-refractivity contribution >= 4 is 34.2 Å². The van der Waals surface area contributed by atoms with Crippen LogP contribution in [0.15, 0.2) is 22.7 Å². The van der Waals surface area contributed by atoms with Crippen LogP contribution in [0, 0.1) is 5.82 Å². The van der Waals surface area contributed by atoms with E-state index < -0.39 is 5.54 Å². The van der Waals surface area contributed by atoms with Crippen LogP contribution < -0.4 is 4.72 Å². The van der Waals surface area contributed by atoms with Crippen molar-refractivity contribution in [1.82, 2.24) is 4.72 Å². The molecule has 0 unspecified atom stereocenters. The highest BCUT2D eigenvalue weighted by Crippen LogP contribution is 2.30. The SMILES string of the molecule is CCCCSN[C@@](C)(CC=O)c1cc(Br)ccc1F. The highest BCUT2D eigenvalue weighted by Gasteiger charge is 2.29. The Bertz CT molecular complexity index is 430. The summed E-state index contributed by atoms with van der Waals surface area (Å²) in [5, 5.41) is 0. The highest BCUT2D eigenvalue weighted by atomic mass is 79.9. The first-order chi connectivity index (χ1) is 9.03. The predicted molar refractivity (Wildman–Crippen MR) is 82.6 cm³/mol. The minimum atomic E-state index is -0.686. The number of hydrogen-bond acceptors (Lipinski definition) is 3. The second kappa shape index (κ2) is 8.02. The molecule has 0 aliphatic rings. The van der Waals surface area contributed by atoms with E-state index in [-0.39, 0.29) is 12.2 Å². The third-order valence-corrected chi connectivity index (χ3v) is 4.49. The molecule has 0 amide bonds. The van der Waals surface area contributed by atoms with Crippen molar-refractivity contribution in [2.75, 3.05) is 5.75 Å². The van der Waals surface area contributed by atoms with Crippen molar-refractivity contribution < 1.29 is 9.18 Å². The zero-order valence-corrected chi connectivity index (χ0v) is 13.6. The number of halogens is 2. The standard InChI is InChI=1S/C14H19BrFNOS/c1-3-4-9-19-17-14(2,7-8-18)12-10-11(15)5-6-13(12)16/h5-6,8,10,17H,3-4,7,9H2,1-2H3/t14-/m0/s1. The van der Waals surface area contributed by atoms with Gasteiger partial charge in [-0.3, -0.25) is 4.72 Å². The summed E-state index contributed by atoms with van der Waals surface area (Å²) in [6.45, 7) is 3.98. The predicted octanol–water partition coefficient (Wildman–Crippen LogP) is 4.43. The van der Waals surface area contributed by atoms with Crippen LogP contribution in [0.3, 0.4) is 0 Å². The monoisotopic (exact) mass is 347 g/mol. The molecule has 1 N–H and O–H groups in total. The number of benzene rings is 1. The maximum atomic E-state index is 14.0. The Morgan fingerprint density at radius 1 is 1.53 bits per heavy atom. The second-order valence-corrected chi connectivity index (χ2v) is 6.45. The van der Waals surface area contributed by atoms with Crippen LogP contribution in [0.2, 0.25) is 0 Å². The molecular formula is C14H19BrFNOS. The Balaban J connectivity index is 2.90. The summed E-state index contributed by atoms with van der Waals surface area (Å²) in [6.07, 6.45) is 3.27. The van der Waals surface area contributed by atoms with Crippen molar-refractivity contribution in [1.29, 1.82) is 0 Å². The van der Waals surface area contributed by atoms with Gasteiger partial charge in [0.1, 0.15) is 12.1 Å². The Morgan fingerprint density at radius 3 is 2.89 bits per heavy atom. The molecule has 0 saturated carbocycles. The molecule has 1 aromatic rings. The van der Waals surface area contributed by atoms with Crippen LogP contribution in [0.25, 0.3) is 0 Å². The molecule has 0 aliphatic heterocycles. The van der Waals surface area contributed by atoms with E-state index in [2.05, 4.69) is 27.6 Å². The molecule has 1 aromatic carbocycles. The highest BCUT2D eigenvalue weighted by molar-refractivity contribution is 9.10. The van der Waals surface area contributed by atoms with Crippen molar-refractivity contribution in [2.45, 2.75) is 38.6 Å². The van der Waals surface area contributed by atoms with Gasteiger partial charge in [-0.05, 0) is 31.5 Å². The number of hydrogen-bond donors (Lipinski definition) is 1. The quantitative estimate of drug-likeness (QED) is 0.428. The maximum Gasteiger partial charge on any atom is 0.128 e. The molecule has 0 spiro atoms. The average molecular weight is 348 g/mol. The molecule has 5 heteroatoms. The van der Waals surface area contributed by atoms with E-state index in [1.807, 2.05) is 6.92 Å². The number of unbranched alkanes of at least 4 members (excludes halogenated alkanes) is 1. The minimum absolute atomic E-state index is 0.236. The molecule has 0 aliphatic carbocycles. The molecule has 0 heterocycles. The van der Waals surface area contributed by atoms with Gasteiger partial charge in [-0.2, -0.15) is 0 Å². The van der Waals surface area contributed by atoms with Crippen molar-refractivity contribution in [3.05, 3.63) is 34.1 Å². The topological polar surface area (TPSA) is 29.1 Å². The molecular weight excluding hydrogens is 329 g/mol. The minimum Gasteiger partial charge on any atom is -0.303 e. The van der Waals surface area contributed by atoms with E-state index in [1.54, 1.807) is 24.1 Å². The lowest BCUT2D eigenvalue weighted by atomic mass is 9.90. The summed E-state index contributed by atoms with van der Waals surface area (Å²) in [4.78, 5) is 10.9. The Morgan fingerprint density at radius 2 is 2.26 bits per heavy atom. The average Bonchev–Trinajstić information content (AvgIpc) is 2.38. The van der Waals surface area contributed by atoms with E-state index in [4.69, 9.17) is 0 Å². The fourth-order valence-corrected chi connectivity index (χ4v) is 3.13. The molecule has 0 saturated heterocycles. The molecule has 0 aromatic heterocycles. The van der Waals surface area contributed by atoms with Crippen LogP contribution in [0.1, 0.15) is 38.7 Å². The molecule has 0 radical (unpaired) electrons. The van der Waals surface area contributed by atoms with Crippen molar-refractivity contribution in [2.24, 2.45) is 0 Å². The van der Waals surface area contributed by atoms with Gasteiger partial charge in [0.25, 0.3) is 0 Å². The van der Waals surface area contributed by atoms with E-state index in [1.165, 1.54) is 6.07 Å².